The number of amides is 1. The molecule has 0 radical (unpaired) electrons. The Balaban J connectivity index is 2.25. The van der Waals surface area contributed by atoms with Gasteiger partial charge in [-0.15, -0.1) is 11.8 Å². The van der Waals surface area contributed by atoms with Gasteiger partial charge in [-0.05, 0) is 30.5 Å². The van der Waals surface area contributed by atoms with Gasteiger partial charge in [-0.3, -0.25) is 4.79 Å². The van der Waals surface area contributed by atoms with Gasteiger partial charge in [0.15, 0.2) is 0 Å². The zero-order chi connectivity index (χ0) is 14.5. The molecule has 104 valence electrons. The van der Waals surface area contributed by atoms with Gasteiger partial charge < -0.3 is 10.0 Å². The van der Waals surface area contributed by atoms with Crippen LogP contribution in [0.5, 0.6) is 0 Å². The molecule has 5 nitrogen and oxygen atoms in total. The number of nitriles is 1. The van der Waals surface area contributed by atoms with Gasteiger partial charge in [0.1, 0.15) is 0 Å². The van der Waals surface area contributed by atoms with E-state index in [1.54, 1.807) is 23.1 Å². The topological polar surface area (TPSA) is 81.4 Å². The molecule has 0 aromatic heterocycles. The van der Waals surface area contributed by atoms with Crippen LogP contribution in [-0.4, -0.2) is 35.0 Å². The molecule has 1 heterocycles. The average molecular weight is 290 g/mol. The third-order valence-corrected chi connectivity index (χ3v) is 3.96. The first-order chi connectivity index (χ1) is 9.65. The Morgan fingerprint density at radius 2 is 2.25 bits per heavy atom. The van der Waals surface area contributed by atoms with Crippen molar-refractivity contribution in [2.24, 2.45) is 0 Å². The summed E-state index contributed by atoms with van der Waals surface area (Å²) >= 11 is 1.27. The fraction of sp³-hybridized carbons (Fsp3) is 0.357. The van der Waals surface area contributed by atoms with Crippen molar-refractivity contribution >= 4 is 29.3 Å². The first kappa shape index (κ1) is 14.4. The van der Waals surface area contributed by atoms with Gasteiger partial charge in [0, 0.05) is 12.2 Å². The predicted molar refractivity (Wildman–Crippen MR) is 77.0 cm³/mol. The van der Waals surface area contributed by atoms with Gasteiger partial charge in [-0.1, -0.05) is 6.07 Å². The van der Waals surface area contributed by atoms with E-state index in [2.05, 4.69) is 0 Å². The molecule has 0 spiro atoms. The molecule has 0 saturated carbocycles. The second kappa shape index (κ2) is 6.44. The fourth-order valence-corrected chi connectivity index (χ4v) is 2.87. The number of fused-ring (bicyclic) bond motifs is 1. The van der Waals surface area contributed by atoms with Crippen LogP contribution >= 0.6 is 11.8 Å². The second-order valence-corrected chi connectivity index (χ2v) is 5.39. The van der Waals surface area contributed by atoms with Crippen LogP contribution < -0.4 is 4.90 Å². The molecule has 1 aliphatic rings. The Hall–Kier alpha value is -2.00. The van der Waals surface area contributed by atoms with Crippen LogP contribution in [0.15, 0.2) is 18.2 Å². The molecule has 0 atom stereocenters. The maximum absolute atomic E-state index is 12.2. The highest BCUT2D eigenvalue weighted by molar-refractivity contribution is 8.00. The summed E-state index contributed by atoms with van der Waals surface area (Å²) in [6.45, 7) is 0.599. The molecule has 0 saturated heterocycles. The van der Waals surface area contributed by atoms with Crippen molar-refractivity contribution in [1.82, 2.24) is 0 Å². The van der Waals surface area contributed by atoms with E-state index in [-0.39, 0.29) is 23.0 Å². The zero-order valence-electron chi connectivity index (χ0n) is 10.8. The quantitative estimate of drug-likeness (QED) is 0.857. The fourth-order valence-electron chi connectivity index (χ4n) is 2.35. The van der Waals surface area contributed by atoms with Gasteiger partial charge in [0.05, 0.1) is 23.1 Å². The predicted octanol–water partition coefficient (Wildman–Crippen LogP) is 1.92. The van der Waals surface area contributed by atoms with Crippen LogP contribution in [0.4, 0.5) is 5.69 Å². The number of anilines is 1. The van der Waals surface area contributed by atoms with Crippen molar-refractivity contribution in [3.8, 4) is 6.07 Å². The Bertz CT molecular complexity index is 580. The normalized spacial score (nSPS) is 13.4. The van der Waals surface area contributed by atoms with E-state index in [4.69, 9.17) is 5.26 Å². The number of nitrogens with zero attached hydrogens (tertiary/aromatic N) is 2. The van der Waals surface area contributed by atoms with Crippen molar-refractivity contribution in [2.45, 2.75) is 12.8 Å². The summed E-state index contributed by atoms with van der Waals surface area (Å²) in [5, 5.41) is 17.7. The van der Waals surface area contributed by atoms with E-state index >= 15 is 0 Å². The van der Waals surface area contributed by atoms with Crippen molar-refractivity contribution in [1.29, 1.82) is 5.26 Å². The smallest absolute Gasteiger partial charge is 0.336 e. The van der Waals surface area contributed by atoms with Gasteiger partial charge in [-0.2, -0.15) is 5.26 Å². The summed E-state index contributed by atoms with van der Waals surface area (Å²) in [4.78, 5) is 25.0. The number of aromatic carboxylic acids is 1. The molecule has 1 aromatic rings. The minimum absolute atomic E-state index is 0.0752. The molecule has 0 bridgehead atoms. The monoisotopic (exact) mass is 290 g/mol. The number of rotatable bonds is 4. The summed E-state index contributed by atoms with van der Waals surface area (Å²) < 4.78 is 0. The van der Waals surface area contributed by atoms with E-state index in [9.17, 15) is 14.7 Å². The molecular formula is C14H14N2O3S. The van der Waals surface area contributed by atoms with Crippen molar-refractivity contribution < 1.29 is 14.7 Å². The first-order valence-electron chi connectivity index (χ1n) is 6.25. The lowest BCUT2D eigenvalue weighted by Crippen LogP contribution is -2.37. The molecule has 1 aliphatic heterocycles. The summed E-state index contributed by atoms with van der Waals surface area (Å²) in [5.41, 5.74) is 1.69. The van der Waals surface area contributed by atoms with Gasteiger partial charge in [-0.25, -0.2) is 4.79 Å². The third kappa shape index (κ3) is 2.94. The summed E-state index contributed by atoms with van der Waals surface area (Å²) in [6, 6.07) is 7.00. The van der Waals surface area contributed by atoms with Gasteiger partial charge >= 0.3 is 5.97 Å². The molecule has 1 amide bonds. The third-order valence-electron chi connectivity index (χ3n) is 3.17. The lowest BCUT2D eigenvalue weighted by atomic mass is 9.96. The lowest BCUT2D eigenvalue weighted by Gasteiger charge is -2.30. The average Bonchev–Trinajstić information content (AvgIpc) is 2.46. The van der Waals surface area contributed by atoms with Crippen LogP contribution in [0.25, 0.3) is 0 Å². The second-order valence-electron chi connectivity index (χ2n) is 4.41. The van der Waals surface area contributed by atoms with Crippen molar-refractivity contribution in [3.05, 3.63) is 29.3 Å². The van der Waals surface area contributed by atoms with Crippen molar-refractivity contribution in [2.75, 3.05) is 23.0 Å². The number of hydrogen-bond donors (Lipinski definition) is 1. The Morgan fingerprint density at radius 1 is 1.45 bits per heavy atom. The molecular weight excluding hydrogens is 276 g/mol. The molecule has 20 heavy (non-hydrogen) atoms. The highest BCUT2D eigenvalue weighted by Crippen LogP contribution is 2.30. The standard InChI is InChI=1S/C14H14N2O3S/c15-6-8-20-9-13(17)16-7-2-4-10-11(14(18)19)3-1-5-12(10)16/h1,3,5H,2,4,7-9H2,(H,18,19). The number of thioether (sulfide) groups is 1. The molecule has 6 heteroatoms. The van der Waals surface area contributed by atoms with Gasteiger partial charge in [0.25, 0.3) is 0 Å². The van der Waals surface area contributed by atoms with Crippen LogP contribution in [-0.2, 0) is 11.2 Å². The number of benzene rings is 1. The highest BCUT2D eigenvalue weighted by Gasteiger charge is 2.25. The summed E-state index contributed by atoms with van der Waals surface area (Å²) in [7, 11) is 0. The Morgan fingerprint density at radius 3 is 2.95 bits per heavy atom. The Kier molecular flexibility index (Phi) is 4.64. The van der Waals surface area contributed by atoms with Crippen LogP contribution in [0.1, 0.15) is 22.3 Å². The summed E-state index contributed by atoms with van der Waals surface area (Å²) in [6.07, 6.45) is 1.43. The molecule has 0 unspecified atom stereocenters. The van der Waals surface area contributed by atoms with E-state index in [1.807, 2.05) is 6.07 Å². The summed E-state index contributed by atoms with van der Waals surface area (Å²) in [5.74, 6) is -0.518. The molecule has 1 aromatic carbocycles. The lowest BCUT2D eigenvalue weighted by molar-refractivity contribution is -0.116. The van der Waals surface area contributed by atoms with E-state index in [1.165, 1.54) is 11.8 Å². The van der Waals surface area contributed by atoms with Gasteiger partial charge in [0.2, 0.25) is 5.91 Å². The number of carbonyl (C=O) groups is 2. The Labute approximate surface area is 121 Å². The molecule has 0 aliphatic carbocycles. The van der Waals surface area contributed by atoms with E-state index in [0.29, 0.717) is 18.7 Å². The number of carbonyl (C=O) groups excluding carboxylic acids is 1. The molecule has 0 fully saturated rings. The number of carboxylic acids is 1. The van der Waals surface area contributed by atoms with Crippen LogP contribution in [0, 0.1) is 11.3 Å². The maximum Gasteiger partial charge on any atom is 0.336 e. The molecule has 2 rings (SSSR count). The van der Waals surface area contributed by atoms with Crippen LogP contribution in [0.2, 0.25) is 0 Å². The number of hydrogen-bond acceptors (Lipinski definition) is 4. The van der Waals surface area contributed by atoms with Crippen molar-refractivity contribution in [3.63, 3.8) is 0 Å². The SMILES string of the molecule is N#CCSCC(=O)N1CCCc2c(C(=O)O)cccc21. The maximum atomic E-state index is 12.2. The van der Waals surface area contributed by atoms with E-state index in [0.717, 1.165) is 12.0 Å². The zero-order valence-corrected chi connectivity index (χ0v) is 11.7. The van der Waals surface area contributed by atoms with Crippen LogP contribution in [0.3, 0.4) is 0 Å². The van der Waals surface area contributed by atoms with E-state index < -0.39 is 5.97 Å². The highest BCUT2D eigenvalue weighted by atomic mass is 32.2. The first-order valence-corrected chi connectivity index (χ1v) is 7.41. The minimum atomic E-state index is -0.963. The largest absolute Gasteiger partial charge is 0.478 e. The number of carboxylic acid groups (broad SMARTS) is 1. The minimum Gasteiger partial charge on any atom is -0.478 e. The molecule has 1 N–H and O–H groups in total.